The molecule has 1 aromatic carbocycles. The van der Waals surface area contributed by atoms with Gasteiger partial charge in [-0.2, -0.15) is 0 Å². The van der Waals surface area contributed by atoms with Gasteiger partial charge in [-0.1, -0.05) is 32.9 Å². The first kappa shape index (κ1) is 17.6. The molecule has 0 atom stereocenters. The van der Waals surface area contributed by atoms with Gasteiger partial charge < -0.3 is 15.0 Å². The van der Waals surface area contributed by atoms with E-state index in [-0.39, 0.29) is 12.7 Å². The number of ether oxygens (including phenoxy) is 1. The summed E-state index contributed by atoms with van der Waals surface area (Å²) in [7, 11) is 1.64. The standard InChI is InChI=1S/C22H25N3O2.H2/c1-21(2,3)18-11-14-10-16(13-23-19(14)25-18)24-20(26)22(8-9-22)15-6-5-7-17(12-15)27-4;/h5-7,10-13H,8-9H2,1-4H3,(H,23,25)(H,24,26);1H. The predicted octanol–water partition coefficient (Wildman–Crippen LogP) is 4.79. The van der Waals surface area contributed by atoms with E-state index < -0.39 is 5.41 Å². The van der Waals surface area contributed by atoms with Crippen LogP contribution in [0.25, 0.3) is 11.0 Å². The molecule has 1 aliphatic carbocycles. The lowest BCUT2D eigenvalue weighted by atomic mass is 9.92. The van der Waals surface area contributed by atoms with E-state index >= 15 is 0 Å². The molecule has 5 nitrogen and oxygen atoms in total. The van der Waals surface area contributed by atoms with E-state index in [1.165, 1.54) is 0 Å². The molecule has 1 amide bonds. The smallest absolute Gasteiger partial charge is 0.235 e. The van der Waals surface area contributed by atoms with Crippen molar-refractivity contribution in [3.63, 3.8) is 0 Å². The fraction of sp³-hybridized carbons (Fsp3) is 0.364. The minimum absolute atomic E-state index is 0. The van der Waals surface area contributed by atoms with Crippen molar-refractivity contribution in [1.82, 2.24) is 9.97 Å². The molecule has 4 rings (SSSR count). The third-order valence-corrected chi connectivity index (χ3v) is 5.34. The molecule has 27 heavy (non-hydrogen) atoms. The minimum atomic E-state index is -0.460. The second-order valence-corrected chi connectivity index (χ2v) is 8.36. The Kier molecular flexibility index (Phi) is 3.98. The van der Waals surface area contributed by atoms with Crippen LogP contribution < -0.4 is 10.1 Å². The maximum atomic E-state index is 13.0. The zero-order chi connectivity index (χ0) is 19.2. The number of hydrogen-bond acceptors (Lipinski definition) is 3. The Morgan fingerprint density at radius 2 is 2.04 bits per heavy atom. The lowest BCUT2D eigenvalue weighted by Crippen LogP contribution is -2.27. The molecular weight excluding hydrogens is 338 g/mol. The first-order chi connectivity index (χ1) is 12.8. The van der Waals surface area contributed by atoms with Gasteiger partial charge in [-0.05, 0) is 42.7 Å². The summed E-state index contributed by atoms with van der Waals surface area (Å²) in [6, 6.07) is 11.9. The summed E-state index contributed by atoms with van der Waals surface area (Å²) in [4.78, 5) is 20.8. The van der Waals surface area contributed by atoms with Gasteiger partial charge >= 0.3 is 0 Å². The van der Waals surface area contributed by atoms with Crippen LogP contribution in [0.3, 0.4) is 0 Å². The number of fused-ring (bicyclic) bond motifs is 1. The number of methoxy groups -OCH3 is 1. The van der Waals surface area contributed by atoms with Gasteiger partial charge in [0, 0.05) is 17.9 Å². The van der Waals surface area contributed by atoms with Crippen molar-refractivity contribution in [3.8, 4) is 5.75 Å². The molecule has 1 aliphatic rings. The molecular formula is C22H27N3O2. The topological polar surface area (TPSA) is 67.0 Å². The summed E-state index contributed by atoms with van der Waals surface area (Å²) in [6.07, 6.45) is 3.41. The largest absolute Gasteiger partial charge is 0.497 e. The van der Waals surface area contributed by atoms with E-state index in [2.05, 4.69) is 42.1 Å². The van der Waals surface area contributed by atoms with E-state index in [0.29, 0.717) is 0 Å². The zero-order valence-electron chi connectivity index (χ0n) is 16.2. The van der Waals surface area contributed by atoms with Gasteiger partial charge in [0.1, 0.15) is 11.4 Å². The van der Waals surface area contributed by atoms with Gasteiger partial charge in [-0.25, -0.2) is 4.98 Å². The summed E-state index contributed by atoms with van der Waals surface area (Å²) in [5.41, 5.74) is 3.26. The maximum absolute atomic E-state index is 13.0. The lowest BCUT2D eigenvalue weighted by Gasteiger charge is -2.16. The van der Waals surface area contributed by atoms with E-state index in [1.54, 1.807) is 13.3 Å². The highest BCUT2D eigenvalue weighted by Crippen LogP contribution is 2.49. The summed E-state index contributed by atoms with van der Waals surface area (Å²) in [5.74, 6) is 0.792. The molecule has 0 bridgehead atoms. The van der Waals surface area contributed by atoms with Crippen molar-refractivity contribution in [2.24, 2.45) is 0 Å². The van der Waals surface area contributed by atoms with E-state index in [0.717, 1.165) is 46.6 Å². The van der Waals surface area contributed by atoms with Crippen LogP contribution >= 0.6 is 0 Å². The van der Waals surface area contributed by atoms with Crippen LogP contribution in [0.15, 0.2) is 42.6 Å². The van der Waals surface area contributed by atoms with Gasteiger partial charge in [0.2, 0.25) is 5.91 Å². The van der Waals surface area contributed by atoms with E-state index in [1.807, 2.05) is 30.3 Å². The van der Waals surface area contributed by atoms with Gasteiger partial charge in [0.25, 0.3) is 0 Å². The molecule has 0 radical (unpaired) electrons. The number of aromatic nitrogens is 2. The number of carbonyl (C=O) groups excluding carboxylic acids is 1. The van der Waals surface area contributed by atoms with Crippen LogP contribution in [0.1, 0.15) is 46.3 Å². The van der Waals surface area contributed by atoms with E-state index in [9.17, 15) is 4.79 Å². The number of H-pyrrole nitrogens is 1. The van der Waals surface area contributed by atoms with Crippen molar-refractivity contribution >= 4 is 22.6 Å². The molecule has 2 aromatic heterocycles. The highest BCUT2D eigenvalue weighted by Gasteiger charge is 2.51. The Labute approximate surface area is 160 Å². The fourth-order valence-corrected chi connectivity index (χ4v) is 3.43. The van der Waals surface area contributed by atoms with Crippen LogP contribution in [0.2, 0.25) is 0 Å². The normalized spacial score (nSPS) is 15.6. The monoisotopic (exact) mass is 365 g/mol. The minimum Gasteiger partial charge on any atom is -0.497 e. The molecule has 2 heterocycles. The quantitative estimate of drug-likeness (QED) is 0.699. The zero-order valence-corrected chi connectivity index (χ0v) is 16.2. The first-order valence-corrected chi connectivity index (χ1v) is 9.27. The molecule has 0 aliphatic heterocycles. The van der Waals surface area contributed by atoms with Crippen molar-refractivity contribution in [1.29, 1.82) is 0 Å². The third-order valence-electron chi connectivity index (χ3n) is 5.34. The van der Waals surface area contributed by atoms with Crippen molar-refractivity contribution in [3.05, 3.63) is 53.9 Å². The Morgan fingerprint density at radius 3 is 2.70 bits per heavy atom. The number of carbonyl (C=O) groups is 1. The molecule has 0 spiro atoms. The number of nitrogens with zero attached hydrogens (tertiary/aromatic N) is 1. The second kappa shape index (κ2) is 6.12. The fourth-order valence-electron chi connectivity index (χ4n) is 3.43. The second-order valence-electron chi connectivity index (χ2n) is 8.36. The Bertz CT molecular complexity index is 1020. The number of nitrogens with one attached hydrogen (secondary N) is 2. The number of rotatable bonds is 4. The van der Waals surface area contributed by atoms with Crippen LogP contribution in [0.4, 0.5) is 5.69 Å². The van der Waals surface area contributed by atoms with Gasteiger partial charge in [0.05, 0.1) is 24.4 Å². The molecule has 2 N–H and O–H groups in total. The van der Waals surface area contributed by atoms with Crippen molar-refractivity contribution in [2.75, 3.05) is 12.4 Å². The number of aromatic amines is 1. The number of anilines is 1. The van der Waals surface area contributed by atoms with Crippen molar-refractivity contribution < 1.29 is 11.0 Å². The number of hydrogen-bond donors (Lipinski definition) is 2. The average Bonchev–Trinajstić information content (AvgIpc) is 3.34. The first-order valence-electron chi connectivity index (χ1n) is 9.27. The molecule has 3 aromatic rings. The van der Waals surface area contributed by atoms with Crippen LogP contribution in [-0.2, 0) is 15.6 Å². The predicted molar refractivity (Wildman–Crippen MR) is 109 cm³/mol. The Balaban J connectivity index is 0.00000225. The maximum Gasteiger partial charge on any atom is 0.235 e. The molecule has 0 saturated heterocycles. The highest BCUT2D eigenvalue weighted by atomic mass is 16.5. The van der Waals surface area contributed by atoms with Crippen LogP contribution in [-0.4, -0.2) is 23.0 Å². The summed E-state index contributed by atoms with van der Waals surface area (Å²) >= 11 is 0. The molecule has 1 fully saturated rings. The van der Waals surface area contributed by atoms with Crippen LogP contribution in [0, 0.1) is 0 Å². The summed E-state index contributed by atoms with van der Waals surface area (Å²) < 4.78 is 5.31. The molecule has 1 saturated carbocycles. The summed E-state index contributed by atoms with van der Waals surface area (Å²) in [5, 5.41) is 4.07. The number of amides is 1. The van der Waals surface area contributed by atoms with Gasteiger partial charge in [0.15, 0.2) is 0 Å². The number of benzene rings is 1. The molecule has 142 valence electrons. The lowest BCUT2D eigenvalue weighted by molar-refractivity contribution is -0.118. The van der Waals surface area contributed by atoms with Crippen LogP contribution in [0.5, 0.6) is 5.75 Å². The van der Waals surface area contributed by atoms with E-state index in [4.69, 9.17) is 4.74 Å². The third kappa shape index (κ3) is 3.18. The van der Waals surface area contributed by atoms with Crippen molar-refractivity contribution in [2.45, 2.75) is 44.4 Å². The molecule has 5 heteroatoms. The molecule has 0 unspecified atom stereocenters. The Morgan fingerprint density at radius 1 is 1.26 bits per heavy atom. The van der Waals surface area contributed by atoms with Gasteiger partial charge in [-0.3, -0.25) is 4.79 Å². The Hall–Kier alpha value is -2.82. The van der Waals surface area contributed by atoms with Gasteiger partial charge in [-0.15, -0.1) is 0 Å². The average molecular weight is 365 g/mol. The SMILES string of the molecule is COc1cccc(C2(C(=O)Nc3cnc4[nH]c(C(C)(C)C)cc4c3)CC2)c1.[HH]. The summed E-state index contributed by atoms with van der Waals surface area (Å²) in [6.45, 7) is 6.47. The number of pyridine rings is 1. The highest BCUT2D eigenvalue weighted by molar-refractivity contribution is 6.02.